The Morgan fingerprint density at radius 2 is 0.920 bits per heavy atom. The predicted molar refractivity (Wildman–Crippen MR) is 212 cm³/mol. The molecule has 0 saturated heterocycles. The SMILES string of the molecule is CC1(C)c2ccc(-c3c4ccccc4c(-c4ccc5ccccc5c4)c4ccccc34)cc2-c2cc3c(cc21)oc1c2ccccc2ccc31. The minimum absolute atomic E-state index is 0.150. The highest BCUT2D eigenvalue weighted by molar-refractivity contribution is 6.22. The van der Waals surface area contributed by atoms with Crippen molar-refractivity contribution in [2.24, 2.45) is 0 Å². The van der Waals surface area contributed by atoms with Gasteiger partial charge in [-0.1, -0.05) is 141 Å². The molecule has 1 aromatic heterocycles. The minimum Gasteiger partial charge on any atom is -0.455 e. The molecule has 0 bridgehead atoms. The van der Waals surface area contributed by atoms with Crippen LogP contribution in [0.25, 0.3) is 98.4 Å². The maximum absolute atomic E-state index is 6.64. The Morgan fingerprint density at radius 3 is 1.62 bits per heavy atom. The second kappa shape index (κ2) is 9.94. The summed E-state index contributed by atoms with van der Waals surface area (Å²) in [4.78, 5) is 0. The molecule has 1 aliphatic rings. The van der Waals surface area contributed by atoms with Crippen molar-refractivity contribution in [2.75, 3.05) is 0 Å². The second-order valence-corrected chi connectivity index (χ2v) is 14.4. The van der Waals surface area contributed by atoms with Crippen molar-refractivity contribution in [1.29, 1.82) is 0 Å². The Hall–Kier alpha value is -6.18. The number of furan rings is 1. The third kappa shape index (κ3) is 3.72. The largest absolute Gasteiger partial charge is 0.455 e. The van der Waals surface area contributed by atoms with Crippen molar-refractivity contribution in [3.05, 3.63) is 169 Å². The highest BCUT2D eigenvalue weighted by Crippen LogP contribution is 2.53. The van der Waals surface area contributed by atoms with Gasteiger partial charge >= 0.3 is 0 Å². The fraction of sp³-hybridized carbons (Fsp3) is 0.0612. The van der Waals surface area contributed by atoms with Crippen molar-refractivity contribution in [2.45, 2.75) is 19.3 Å². The van der Waals surface area contributed by atoms with E-state index < -0.39 is 0 Å². The van der Waals surface area contributed by atoms with Gasteiger partial charge in [-0.05, 0) is 113 Å². The molecule has 0 saturated carbocycles. The van der Waals surface area contributed by atoms with Gasteiger partial charge in [0.15, 0.2) is 0 Å². The molecule has 0 atom stereocenters. The number of fused-ring (bicyclic) bond motifs is 11. The van der Waals surface area contributed by atoms with Gasteiger partial charge in [0.05, 0.1) is 0 Å². The summed E-state index contributed by atoms with van der Waals surface area (Å²) in [6.07, 6.45) is 0. The van der Waals surface area contributed by atoms with E-state index in [9.17, 15) is 0 Å². The molecule has 0 aliphatic heterocycles. The van der Waals surface area contributed by atoms with Gasteiger partial charge in [0, 0.05) is 21.6 Å². The Labute approximate surface area is 290 Å². The average Bonchev–Trinajstić information content (AvgIpc) is 3.64. The van der Waals surface area contributed by atoms with E-state index in [4.69, 9.17) is 4.42 Å². The van der Waals surface area contributed by atoms with Crippen LogP contribution in [0.3, 0.4) is 0 Å². The molecule has 1 aliphatic carbocycles. The summed E-state index contributed by atoms with van der Waals surface area (Å²) in [5.41, 5.74) is 12.1. The number of benzene rings is 9. The van der Waals surface area contributed by atoms with Crippen molar-refractivity contribution < 1.29 is 4.42 Å². The molecule has 10 aromatic rings. The highest BCUT2D eigenvalue weighted by Gasteiger charge is 2.37. The molecule has 234 valence electrons. The van der Waals surface area contributed by atoms with E-state index in [2.05, 4.69) is 172 Å². The average molecular weight is 637 g/mol. The molecule has 0 N–H and O–H groups in total. The van der Waals surface area contributed by atoms with Crippen LogP contribution in [0.1, 0.15) is 25.0 Å². The Bertz CT molecular complexity index is 3010. The lowest BCUT2D eigenvalue weighted by atomic mass is 9.81. The van der Waals surface area contributed by atoms with Crippen molar-refractivity contribution >= 4 is 65.0 Å². The molecular weight excluding hydrogens is 605 g/mol. The van der Waals surface area contributed by atoms with E-state index in [-0.39, 0.29) is 5.41 Å². The molecule has 11 rings (SSSR count). The van der Waals surface area contributed by atoms with Crippen LogP contribution in [0.5, 0.6) is 0 Å². The smallest absolute Gasteiger partial charge is 0.143 e. The van der Waals surface area contributed by atoms with Crippen LogP contribution in [0.4, 0.5) is 0 Å². The first-order valence-electron chi connectivity index (χ1n) is 17.5. The van der Waals surface area contributed by atoms with E-state index in [0.29, 0.717) is 0 Å². The molecule has 1 heteroatoms. The molecular formula is C49H32O. The van der Waals surface area contributed by atoms with Gasteiger partial charge in [-0.2, -0.15) is 0 Å². The zero-order chi connectivity index (χ0) is 33.1. The Morgan fingerprint density at radius 1 is 0.380 bits per heavy atom. The monoisotopic (exact) mass is 636 g/mol. The summed E-state index contributed by atoms with van der Waals surface area (Å²) in [6, 6.07) is 58.3. The van der Waals surface area contributed by atoms with Gasteiger partial charge in [-0.3, -0.25) is 0 Å². The Balaban J connectivity index is 1.17. The molecule has 0 radical (unpaired) electrons. The van der Waals surface area contributed by atoms with E-state index >= 15 is 0 Å². The summed E-state index contributed by atoms with van der Waals surface area (Å²) >= 11 is 0. The van der Waals surface area contributed by atoms with Gasteiger partial charge in [0.25, 0.3) is 0 Å². The number of hydrogen-bond donors (Lipinski definition) is 0. The maximum atomic E-state index is 6.64. The first kappa shape index (κ1) is 27.7. The summed E-state index contributed by atoms with van der Waals surface area (Å²) in [5, 5.41) is 12.3. The van der Waals surface area contributed by atoms with Crippen LogP contribution in [-0.4, -0.2) is 0 Å². The summed E-state index contributed by atoms with van der Waals surface area (Å²) in [5.74, 6) is 0. The third-order valence-electron chi connectivity index (χ3n) is 11.4. The predicted octanol–water partition coefficient (Wildman–Crippen LogP) is 13.8. The van der Waals surface area contributed by atoms with Gasteiger partial charge in [0.1, 0.15) is 11.2 Å². The van der Waals surface area contributed by atoms with Crippen LogP contribution >= 0.6 is 0 Å². The van der Waals surface area contributed by atoms with Crippen molar-refractivity contribution in [3.8, 4) is 33.4 Å². The van der Waals surface area contributed by atoms with E-state index in [1.165, 1.54) is 93.0 Å². The van der Waals surface area contributed by atoms with Gasteiger partial charge < -0.3 is 4.42 Å². The third-order valence-corrected chi connectivity index (χ3v) is 11.4. The van der Waals surface area contributed by atoms with Gasteiger partial charge in [0.2, 0.25) is 0 Å². The first-order valence-corrected chi connectivity index (χ1v) is 17.5. The van der Waals surface area contributed by atoms with Crippen LogP contribution in [0.2, 0.25) is 0 Å². The fourth-order valence-electron chi connectivity index (χ4n) is 9.00. The summed E-state index contributed by atoms with van der Waals surface area (Å²) in [6.45, 7) is 4.70. The normalized spacial score (nSPS) is 13.6. The molecule has 50 heavy (non-hydrogen) atoms. The number of hydrogen-bond acceptors (Lipinski definition) is 1. The van der Waals surface area contributed by atoms with Crippen LogP contribution in [0.15, 0.2) is 162 Å². The summed E-state index contributed by atoms with van der Waals surface area (Å²) in [7, 11) is 0. The van der Waals surface area contributed by atoms with Crippen LogP contribution < -0.4 is 0 Å². The standard InChI is InChI=1S/C49H32O/c1-49(2)43-24-22-33(26-40(43)41-27-42-39-23-21-30-12-5-6-14-34(30)48(39)50-45(42)28-44(41)49)47-37-17-9-7-15-35(37)46(36-16-8-10-18-38(36)47)32-20-19-29-11-3-4-13-31(29)25-32/h3-28H,1-2H3. The first-order chi connectivity index (χ1) is 24.5. The van der Waals surface area contributed by atoms with E-state index in [0.717, 1.165) is 16.6 Å². The lowest BCUT2D eigenvalue weighted by Gasteiger charge is -2.22. The van der Waals surface area contributed by atoms with Crippen LogP contribution in [0, 0.1) is 0 Å². The van der Waals surface area contributed by atoms with Crippen molar-refractivity contribution in [3.63, 3.8) is 0 Å². The zero-order valence-corrected chi connectivity index (χ0v) is 27.9. The van der Waals surface area contributed by atoms with Crippen molar-refractivity contribution in [1.82, 2.24) is 0 Å². The fourth-order valence-corrected chi connectivity index (χ4v) is 9.00. The molecule has 0 fully saturated rings. The molecule has 0 amide bonds. The summed E-state index contributed by atoms with van der Waals surface area (Å²) < 4.78 is 6.64. The Kier molecular flexibility index (Phi) is 5.51. The lowest BCUT2D eigenvalue weighted by Crippen LogP contribution is -2.14. The maximum Gasteiger partial charge on any atom is 0.143 e. The molecule has 1 heterocycles. The van der Waals surface area contributed by atoms with Gasteiger partial charge in [-0.15, -0.1) is 0 Å². The van der Waals surface area contributed by atoms with Crippen LogP contribution in [-0.2, 0) is 5.41 Å². The molecule has 1 nitrogen and oxygen atoms in total. The number of rotatable bonds is 2. The topological polar surface area (TPSA) is 13.1 Å². The van der Waals surface area contributed by atoms with E-state index in [1.807, 2.05) is 0 Å². The second-order valence-electron chi connectivity index (χ2n) is 14.4. The zero-order valence-electron chi connectivity index (χ0n) is 27.9. The molecule has 0 spiro atoms. The van der Waals surface area contributed by atoms with Gasteiger partial charge in [-0.25, -0.2) is 0 Å². The van der Waals surface area contributed by atoms with E-state index in [1.54, 1.807) is 0 Å². The highest BCUT2D eigenvalue weighted by atomic mass is 16.3. The molecule has 0 unspecified atom stereocenters. The molecule has 9 aromatic carbocycles. The quantitative estimate of drug-likeness (QED) is 0.172. The lowest BCUT2D eigenvalue weighted by molar-refractivity contribution is 0.648. The minimum atomic E-state index is -0.150.